The molecule has 1 heterocycles. The normalized spacial score (nSPS) is 11.9. The Morgan fingerprint density at radius 2 is 1.69 bits per heavy atom. The van der Waals surface area contributed by atoms with Crippen LogP contribution in [0.4, 0.5) is 16.2 Å². The van der Waals surface area contributed by atoms with E-state index in [0.717, 1.165) is 27.7 Å². The van der Waals surface area contributed by atoms with Gasteiger partial charge in [-0.3, -0.25) is 14.6 Å². The third kappa shape index (κ3) is 7.70. The van der Waals surface area contributed by atoms with E-state index in [1.165, 1.54) is 6.92 Å². The summed E-state index contributed by atoms with van der Waals surface area (Å²) in [7, 11) is 0. The molecule has 1 amide bonds. The maximum absolute atomic E-state index is 11.9. The number of nitrogens with one attached hydrogen (secondary N) is 3. The summed E-state index contributed by atoms with van der Waals surface area (Å²) in [6, 6.07) is 15.4. The Balaban J connectivity index is 1.71. The van der Waals surface area contributed by atoms with E-state index in [4.69, 9.17) is 9.47 Å². The van der Waals surface area contributed by atoms with Gasteiger partial charge in [-0.25, -0.2) is 4.79 Å². The molecule has 0 saturated carbocycles. The Kier molecular flexibility index (Phi) is 8.25. The zero-order chi connectivity index (χ0) is 25.4. The molecule has 35 heavy (non-hydrogen) atoms. The van der Waals surface area contributed by atoms with Crippen LogP contribution in [0, 0.1) is 0 Å². The molecule has 0 spiro atoms. The molecule has 0 aliphatic rings. The predicted molar refractivity (Wildman–Crippen MR) is 134 cm³/mol. The smallest absolute Gasteiger partial charge is 0.407 e. The van der Waals surface area contributed by atoms with Crippen LogP contribution in [0.5, 0.6) is 0 Å². The number of carbonyl (C=O) groups is 3. The highest BCUT2D eigenvalue weighted by Crippen LogP contribution is 2.31. The second-order valence-corrected chi connectivity index (χ2v) is 8.90. The number of fused-ring (bicyclic) bond motifs is 1. The van der Waals surface area contributed by atoms with Gasteiger partial charge in [-0.1, -0.05) is 42.5 Å². The van der Waals surface area contributed by atoms with E-state index in [9.17, 15) is 14.4 Å². The summed E-state index contributed by atoms with van der Waals surface area (Å²) >= 11 is 0. The number of para-hydroxylation sites is 1. The number of hydrogen-bond donors (Lipinski definition) is 3. The summed E-state index contributed by atoms with van der Waals surface area (Å²) in [6.07, 6.45) is 0.517. The van der Waals surface area contributed by atoms with E-state index < -0.39 is 23.9 Å². The van der Waals surface area contributed by atoms with E-state index in [0.29, 0.717) is 25.1 Å². The van der Waals surface area contributed by atoms with Crippen LogP contribution in [0.15, 0.2) is 54.7 Å². The molecule has 9 nitrogen and oxygen atoms in total. The lowest BCUT2D eigenvalue weighted by Gasteiger charge is -2.20. The van der Waals surface area contributed by atoms with E-state index >= 15 is 0 Å². The lowest BCUT2D eigenvalue weighted by molar-refractivity contribution is -0.147. The Morgan fingerprint density at radius 1 is 1.03 bits per heavy atom. The number of aromatic nitrogens is 1. The maximum atomic E-state index is 11.9. The van der Waals surface area contributed by atoms with Gasteiger partial charge < -0.3 is 25.4 Å². The van der Waals surface area contributed by atoms with Gasteiger partial charge in [0.05, 0.1) is 23.1 Å². The summed E-state index contributed by atoms with van der Waals surface area (Å²) in [5.74, 6) is -0.570. The Morgan fingerprint density at radius 3 is 2.31 bits per heavy atom. The van der Waals surface area contributed by atoms with Crippen molar-refractivity contribution in [1.29, 1.82) is 0 Å². The lowest BCUT2D eigenvalue weighted by atomic mass is 10.1. The molecule has 0 saturated heterocycles. The molecular weight excluding hydrogens is 448 g/mol. The number of carbonyl (C=O) groups excluding carboxylic acids is 3. The highest BCUT2D eigenvalue weighted by Gasteiger charge is 2.16. The molecule has 0 aliphatic heterocycles. The first-order valence-electron chi connectivity index (χ1n) is 11.2. The number of amides is 1. The first kappa shape index (κ1) is 25.5. The SMILES string of the molecule is CC(=O)OC(C=O)Nc1cnc2ccccc2c1NCc1ccc(CNC(=O)OC(C)(C)C)cc1. The van der Waals surface area contributed by atoms with E-state index in [2.05, 4.69) is 20.9 Å². The molecule has 9 heteroatoms. The van der Waals surface area contributed by atoms with E-state index in [1.54, 1.807) is 6.20 Å². The minimum Gasteiger partial charge on any atom is -0.444 e. The van der Waals surface area contributed by atoms with Gasteiger partial charge >= 0.3 is 12.1 Å². The van der Waals surface area contributed by atoms with Gasteiger partial charge in [0, 0.05) is 25.4 Å². The molecule has 0 bridgehead atoms. The predicted octanol–water partition coefficient (Wildman–Crippen LogP) is 4.37. The van der Waals surface area contributed by atoms with Crippen molar-refractivity contribution in [3.63, 3.8) is 0 Å². The molecule has 184 valence electrons. The fourth-order valence-electron chi connectivity index (χ4n) is 3.32. The van der Waals surface area contributed by atoms with E-state index in [1.807, 2.05) is 69.3 Å². The Hall–Kier alpha value is -4.14. The van der Waals surface area contributed by atoms with Crippen molar-refractivity contribution in [2.24, 2.45) is 0 Å². The van der Waals surface area contributed by atoms with Crippen LogP contribution in [0.1, 0.15) is 38.8 Å². The summed E-state index contributed by atoms with van der Waals surface area (Å²) < 4.78 is 10.3. The number of esters is 1. The topological polar surface area (TPSA) is 119 Å². The van der Waals surface area contributed by atoms with Gasteiger partial charge in [-0.15, -0.1) is 0 Å². The van der Waals surface area contributed by atoms with Crippen LogP contribution in [0.25, 0.3) is 10.9 Å². The molecule has 1 unspecified atom stereocenters. The van der Waals surface area contributed by atoms with Crippen molar-refractivity contribution in [1.82, 2.24) is 10.3 Å². The zero-order valence-electron chi connectivity index (χ0n) is 20.3. The molecular formula is C26H30N4O5. The number of nitrogens with zero attached hydrogens (tertiary/aromatic N) is 1. The summed E-state index contributed by atoms with van der Waals surface area (Å²) in [5.41, 5.74) is 3.43. The molecule has 0 fully saturated rings. The number of hydrogen-bond acceptors (Lipinski definition) is 8. The van der Waals surface area contributed by atoms with Gasteiger partial charge in [-0.2, -0.15) is 0 Å². The lowest BCUT2D eigenvalue weighted by Crippen LogP contribution is -2.32. The number of aldehydes is 1. The second kappa shape index (κ2) is 11.3. The number of benzene rings is 2. The van der Waals surface area contributed by atoms with Crippen LogP contribution in [-0.4, -0.2) is 35.2 Å². The molecule has 2 aromatic carbocycles. The number of anilines is 2. The van der Waals surface area contributed by atoms with Gasteiger partial charge in [-0.05, 0) is 38.0 Å². The van der Waals surface area contributed by atoms with Gasteiger partial charge in [0.1, 0.15) is 5.60 Å². The minimum absolute atomic E-state index is 0.356. The fourth-order valence-corrected chi connectivity index (χ4v) is 3.32. The standard InChI is InChI=1S/C26H30N4O5/c1-17(32)34-23(16-31)30-22-15-27-21-8-6-5-7-20(21)24(22)28-13-18-9-11-19(12-10-18)14-29-25(33)35-26(2,3)4/h5-12,15-16,23,30H,13-14H2,1-4H3,(H,27,28)(H,29,33). The average molecular weight is 479 g/mol. The van der Waals surface area contributed by atoms with Crippen molar-refractivity contribution in [3.8, 4) is 0 Å². The van der Waals surface area contributed by atoms with Crippen molar-refractivity contribution >= 4 is 40.6 Å². The van der Waals surface area contributed by atoms with Crippen LogP contribution < -0.4 is 16.0 Å². The molecule has 3 aromatic rings. The van der Waals surface area contributed by atoms with Crippen LogP contribution in [0.3, 0.4) is 0 Å². The minimum atomic E-state index is -1.13. The average Bonchev–Trinajstić information content (AvgIpc) is 2.80. The number of alkyl carbamates (subject to hydrolysis) is 1. The summed E-state index contributed by atoms with van der Waals surface area (Å²) in [4.78, 5) is 39.0. The molecule has 3 N–H and O–H groups in total. The van der Waals surface area contributed by atoms with Crippen molar-refractivity contribution in [3.05, 3.63) is 65.9 Å². The van der Waals surface area contributed by atoms with Crippen molar-refractivity contribution in [2.45, 2.75) is 52.6 Å². The van der Waals surface area contributed by atoms with E-state index in [-0.39, 0.29) is 0 Å². The Labute approximate surface area is 204 Å². The number of rotatable bonds is 9. The maximum Gasteiger partial charge on any atom is 0.407 e. The van der Waals surface area contributed by atoms with Gasteiger partial charge in [0.25, 0.3) is 0 Å². The summed E-state index contributed by atoms with van der Waals surface area (Å²) in [5, 5.41) is 9.91. The van der Waals surface area contributed by atoms with Gasteiger partial charge in [0.15, 0.2) is 6.29 Å². The molecule has 3 rings (SSSR count). The number of pyridine rings is 1. The van der Waals surface area contributed by atoms with Crippen molar-refractivity contribution in [2.75, 3.05) is 10.6 Å². The van der Waals surface area contributed by atoms with Crippen molar-refractivity contribution < 1.29 is 23.9 Å². The molecule has 1 atom stereocenters. The molecule has 0 aliphatic carbocycles. The van der Waals surface area contributed by atoms with Crippen LogP contribution in [-0.2, 0) is 32.2 Å². The third-order valence-corrected chi connectivity index (χ3v) is 4.82. The molecule has 1 aromatic heterocycles. The van der Waals surface area contributed by atoms with Crippen LogP contribution in [0.2, 0.25) is 0 Å². The third-order valence-electron chi connectivity index (χ3n) is 4.82. The monoisotopic (exact) mass is 478 g/mol. The zero-order valence-corrected chi connectivity index (χ0v) is 20.3. The second-order valence-electron chi connectivity index (χ2n) is 8.90. The molecule has 0 radical (unpaired) electrons. The quantitative estimate of drug-likeness (QED) is 0.236. The first-order chi connectivity index (χ1) is 16.6. The van der Waals surface area contributed by atoms with Crippen LogP contribution >= 0.6 is 0 Å². The highest BCUT2D eigenvalue weighted by atomic mass is 16.6. The summed E-state index contributed by atoms with van der Waals surface area (Å²) in [6.45, 7) is 7.53. The first-order valence-corrected chi connectivity index (χ1v) is 11.2. The highest BCUT2D eigenvalue weighted by molar-refractivity contribution is 5.98. The largest absolute Gasteiger partial charge is 0.444 e. The fraction of sp³-hybridized carbons (Fsp3) is 0.308. The van der Waals surface area contributed by atoms with Gasteiger partial charge in [0.2, 0.25) is 6.23 Å². The Bertz CT molecular complexity index is 1190. The number of ether oxygens (including phenoxy) is 2.